The molecule has 1 heterocycles. The van der Waals surface area contributed by atoms with E-state index in [1.165, 1.54) is 23.1 Å². The van der Waals surface area contributed by atoms with E-state index in [0.29, 0.717) is 5.56 Å². The van der Waals surface area contributed by atoms with Crippen molar-refractivity contribution in [3.8, 4) is 0 Å². The maximum Gasteiger partial charge on any atom is 0.258 e. The number of aliphatic hydroxyl groups excluding tert-OH is 1. The highest BCUT2D eigenvalue weighted by molar-refractivity contribution is 6.22. The predicted octanol–water partition coefficient (Wildman–Crippen LogP) is 1.57. The molecule has 0 aliphatic carbocycles. The summed E-state index contributed by atoms with van der Waals surface area (Å²) in [6.07, 6.45) is 0. The van der Waals surface area contributed by atoms with Crippen molar-refractivity contribution in [3.63, 3.8) is 0 Å². The fraction of sp³-hybridized carbons (Fsp3) is 0.182. The second-order valence-corrected chi connectivity index (χ2v) is 3.49. The minimum atomic E-state index is -0.421. The number of hydrogen-bond acceptors (Lipinski definition) is 2. The van der Waals surface area contributed by atoms with Crippen LogP contribution in [0, 0.1) is 5.82 Å². The summed E-state index contributed by atoms with van der Waals surface area (Å²) in [7, 11) is 1.59. The molecule has 78 valence electrons. The number of nitrogens with zero attached hydrogens (tertiary/aromatic N) is 1. The Kier molecular flexibility index (Phi) is 2.19. The first-order chi connectivity index (χ1) is 7.09. The van der Waals surface area contributed by atoms with Crippen molar-refractivity contribution in [3.05, 3.63) is 41.4 Å². The van der Waals surface area contributed by atoms with Gasteiger partial charge in [0.25, 0.3) is 5.91 Å². The lowest BCUT2D eigenvalue weighted by Gasteiger charge is -2.07. The second-order valence-electron chi connectivity index (χ2n) is 3.49. The van der Waals surface area contributed by atoms with Gasteiger partial charge in [-0.25, -0.2) is 4.39 Å². The molecule has 1 aromatic carbocycles. The summed E-state index contributed by atoms with van der Waals surface area (Å²) in [6, 6.07) is 5.65. The van der Waals surface area contributed by atoms with E-state index in [1.807, 2.05) is 0 Å². The zero-order valence-electron chi connectivity index (χ0n) is 8.20. The molecule has 1 aliphatic heterocycles. The normalized spacial score (nSPS) is 16.4. The molecule has 15 heavy (non-hydrogen) atoms. The largest absolute Gasteiger partial charge is 0.510 e. The molecule has 0 bridgehead atoms. The second kappa shape index (κ2) is 3.38. The summed E-state index contributed by atoms with van der Waals surface area (Å²) < 4.78 is 12.9. The van der Waals surface area contributed by atoms with Crippen molar-refractivity contribution in [2.45, 2.75) is 0 Å². The minimum absolute atomic E-state index is 0.00639. The number of hydrogen-bond donors (Lipinski definition) is 1. The number of likely N-dealkylation sites (N-methyl/N-ethyl adjacent to an activating group) is 1. The molecule has 4 heteroatoms. The molecule has 0 saturated heterocycles. The first-order valence-corrected chi connectivity index (χ1v) is 4.53. The van der Waals surface area contributed by atoms with E-state index in [0.717, 1.165) is 0 Å². The number of carbonyl (C=O) groups is 1. The number of carbonyl (C=O) groups excluding carboxylic acids is 1. The Hall–Kier alpha value is -1.84. The molecule has 1 amide bonds. The molecule has 1 aromatic rings. The molecule has 0 radical (unpaired) electrons. The molecule has 0 spiro atoms. The molecular weight excluding hydrogens is 197 g/mol. The van der Waals surface area contributed by atoms with E-state index in [4.69, 9.17) is 0 Å². The van der Waals surface area contributed by atoms with E-state index < -0.39 is 5.82 Å². The lowest BCUT2D eigenvalue weighted by atomic mass is 10.1. The Balaban J connectivity index is 2.48. The van der Waals surface area contributed by atoms with Crippen molar-refractivity contribution >= 4 is 11.5 Å². The summed E-state index contributed by atoms with van der Waals surface area (Å²) in [5.74, 6) is -0.707. The highest BCUT2D eigenvalue weighted by Crippen LogP contribution is 2.25. The van der Waals surface area contributed by atoms with Crippen LogP contribution in [0.2, 0.25) is 0 Å². The lowest BCUT2D eigenvalue weighted by molar-refractivity contribution is -0.122. The molecule has 0 aromatic heterocycles. The number of halogens is 1. The van der Waals surface area contributed by atoms with Gasteiger partial charge < -0.3 is 10.0 Å². The van der Waals surface area contributed by atoms with Crippen LogP contribution in [0.5, 0.6) is 0 Å². The average Bonchev–Trinajstić information content (AvgIpc) is 2.41. The molecule has 2 rings (SSSR count). The Bertz CT molecular complexity index is 454. The van der Waals surface area contributed by atoms with E-state index in [9.17, 15) is 14.3 Å². The van der Waals surface area contributed by atoms with Crippen LogP contribution in [0.4, 0.5) is 4.39 Å². The van der Waals surface area contributed by atoms with Crippen LogP contribution in [0.1, 0.15) is 5.56 Å². The fourth-order valence-electron chi connectivity index (χ4n) is 1.62. The first kappa shape index (κ1) is 9.71. The molecule has 0 unspecified atom stereocenters. The highest BCUT2D eigenvalue weighted by atomic mass is 19.1. The third-order valence-electron chi connectivity index (χ3n) is 2.35. The van der Waals surface area contributed by atoms with Gasteiger partial charge in [-0.2, -0.15) is 0 Å². The molecule has 3 nitrogen and oxygen atoms in total. The standard InChI is InChI=1S/C11H10FNO2/c1-13-6-9(14)10(11(13)15)7-3-2-4-8(12)5-7/h2-5,14H,6H2,1H3. The predicted molar refractivity (Wildman–Crippen MR) is 53.6 cm³/mol. The topological polar surface area (TPSA) is 40.5 Å². The smallest absolute Gasteiger partial charge is 0.258 e. The van der Waals surface area contributed by atoms with Crippen molar-refractivity contribution in [1.29, 1.82) is 0 Å². The van der Waals surface area contributed by atoms with Crippen molar-refractivity contribution in [2.24, 2.45) is 0 Å². The van der Waals surface area contributed by atoms with Crippen LogP contribution in [0.25, 0.3) is 5.57 Å². The summed E-state index contributed by atoms with van der Waals surface area (Å²) in [4.78, 5) is 13.0. The average molecular weight is 207 g/mol. The SMILES string of the molecule is CN1CC(O)=C(c2cccc(F)c2)C1=O. The van der Waals surface area contributed by atoms with Gasteiger partial charge in [0.15, 0.2) is 0 Å². The van der Waals surface area contributed by atoms with Gasteiger partial charge in [0, 0.05) is 7.05 Å². The van der Waals surface area contributed by atoms with E-state index >= 15 is 0 Å². The third kappa shape index (κ3) is 1.58. The van der Waals surface area contributed by atoms with Gasteiger partial charge in [0.2, 0.25) is 0 Å². The maximum absolute atomic E-state index is 12.9. The van der Waals surface area contributed by atoms with Gasteiger partial charge >= 0.3 is 0 Å². The highest BCUT2D eigenvalue weighted by Gasteiger charge is 2.28. The molecule has 0 atom stereocenters. The van der Waals surface area contributed by atoms with Gasteiger partial charge in [-0.05, 0) is 17.7 Å². The van der Waals surface area contributed by atoms with Crippen molar-refractivity contribution in [2.75, 3.05) is 13.6 Å². The van der Waals surface area contributed by atoms with Gasteiger partial charge in [0.1, 0.15) is 11.6 Å². The summed E-state index contributed by atoms with van der Waals surface area (Å²) in [6.45, 7) is 0.185. The van der Waals surface area contributed by atoms with Gasteiger partial charge in [0.05, 0.1) is 12.1 Å². The van der Waals surface area contributed by atoms with Crippen molar-refractivity contribution < 1.29 is 14.3 Å². The quantitative estimate of drug-likeness (QED) is 0.759. The zero-order valence-corrected chi connectivity index (χ0v) is 8.20. The van der Waals surface area contributed by atoms with Gasteiger partial charge in [-0.15, -0.1) is 0 Å². The Morgan fingerprint density at radius 1 is 1.47 bits per heavy atom. The molecule has 0 fully saturated rings. The monoisotopic (exact) mass is 207 g/mol. The third-order valence-corrected chi connectivity index (χ3v) is 2.35. The van der Waals surface area contributed by atoms with Crippen molar-refractivity contribution in [1.82, 2.24) is 4.90 Å². The van der Waals surface area contributed by atoms with Crippen LogP contribution in [0.3, 0.4) is 0 Å². The van der Waals surface area contributed by atoms with E-state index in [-0.39, 0.29) is 23.8 Å². The number of benzene rings is 1. The number of aliphatic hydroxyl groups is 1. The summed E-state index contributed by atoms with van der Waals surface area (Å²) >= 11 is 0. The van der Waals surface area contributed by atoms with E-state index in [2.05, 4.69) is 0 Å². The van der Waals surface area contributed by atoms with Gasteiger partial charge in [-0.1, -0.05) is 12.1 Å². The van der Waals surface area contributed by atoms with Crippen LogP contribution in [-0.2, 0) is 4.79 Å². The minimum Gasteiger partial charge on any atom is -0.510 e. The van der Waals surface area contributed by atoms with Crippen LogP contribution in [0.15, 0.2) is 30.0 Å². The fourth-order valence-corrected chi connectivity index (χ4v) is 1.62. The van der Waals surface area contributed by atoms with Crippen LogP contribution < -0.4 is 0 Å². The summed E-state index contributed by atoms with van der Waals surface area (Å²) in [5, 5.41) is 9.57. The zero-order chi connectivity index (χ0) is 11.0. The molecular formula is C11H10FNO2. The molecule has 1 aliphatic rings. The lowest BCUT2D eigenvalue weighted by Crippen LogP contribution is -2.21. The number of rotatable bonds is 1. The van der Waals surface area contributed by atoms with Crippen LogP contribution >= 0.6 is 0 Å². The van der Waals surface area contributed by atoms with Gasteiger partial charge in [-0.3, -0.25) is 4.79 Å². The Morgan fingerprint density at radius 3 is 2.73 bits per heavy atom. The number of amides is 1. The molecule has 1 N–H and O–H groups in total. The van der Waals surface area contributed by atoms with E-state index in [1.54, 1.807) is 13.1 Å². The van der Waals surface area contributed by atoms with Crippen LogP contribution in [-0.4, -0.2) is 29.5 Å². The first-order valence-electron chi connectivity index (χ1n) is 4.53. The maximum atomic E-state index is 12.9. The summed E-state index contributed by atoms with van der Waals surface area (Å²) in [5.41, 5.74) is 0.610. The Labute approximate surface area is 86.4 Å². The molecule has 0 saturated carbocycles. The Morgan fingerprint density at radius 2 is 2.20 bits per heavy atom.